The summed E-state index contributed by atoms with van der Waals surface area (Å²) in [5.41, 5.74) is 5.27. The van der Waals surface area contributed by atoms with Gasteiger partial charge in [-0.3, -0.25) is 9.20 Å². The SMILES string of the molecule is C=N/C(=C\C=C(/C)N1CCC([C@H](C)O)CC1)Nc1ccc(-c2cnc3cc(F)ccn23)c2c1C(=O)NC2. The highest BCUT2D eigenvalue weighted by molar-refractivity contribution is 6.05. The summed E-state index contributed by atoms with van der Waals surface area (Å²) in [5.74, 6) is 0.356. The van der Waals surface area contributed by atoms with E-state index in [2.05, 4.69) is 39.2 Å². The van der Waals surface area contributed by atoms with E-state index in [1.807, 2.05) is 35.6 Å². The van der Waals surface area contributed by atoms with Crippen LogP contribution in [0.25, 0.3) is 16.9 Å². The average molecular weight is 503 g/mol. The number of aliphatic hydroxyl groups is 1. The summed E-state index contributed by atoms with van der Waals surface area (Å²) in [6.07, 6.45) is 8.84. The number of hydrogen-bond donors (Lipinski definition) is 3. The molecule has 0 spiro atoms. The van der Waals surface area contributed by atoms with Crippen molar-refractivity contribution in [2.24, 2.45) is 10.9 Å². The van der Waals surface area contributed by atoms with E-state index in [-0.39, 0.29) is 17.8 Å². The minimum atomic E-state index is -0.351. The summed E-state index contributed by atoms with van der Waals surface area (Å²) < 4.78 is 15.4. The highest BCUT2D eigenvalue weighted by Gasteiger charge is 2.27. The van der Waals surface area contributed by atoms with Crippen molar-refractivity contribution in [2.45, 2.75) is 39.3 Å². The second-order valence-electron chi connectivity index (χ2n) is 9.62. The Hall–Kier alpha value is -3.98. The van der Waals surface area contributed by atoms with E-state index in [0.29, 0.717) is 35.2 Å². The van der Waals surface area contributed by atoms with Crippen molar-refractivity contribution in [3.05, 3.63) is 77.3 Å². The number of carbonyl (C=O) groups excluding carboxylic acids is 1. The summed E-state index contributed by atoms with van der Waals surface area (Å²) in [6.45, 7) is 9.81. The van der Waals surface area contributed by atoms with Gasteiger partial charge in [0.15, 0.2) is 0 Å². The van der Waals surface area contributed by atoms with Crippen molar-refractivity contribution in [1.82, 2.24) is 19.6 Å². The molecule has 5 rings (SSSR count). The highest BCUT2D eigenvalue weighted by Crippen LogP contribution is 2.35. The Balaban J connectivity index is 1.40. The molecule has 2 aliphatic heterocycles. The summed E-state index contributed by atoms with van der Waals surface area (Å²) in [7, 11) is 0. The predicted octanol–water partition coefficient (Wildman–Crippen LogP) is 4.33. The van der Waals surface area contributed by atoms with Crippen LogP contribution in [-0.4, -0.2) is 51.2 Å². The Bertz CT molecular complexity index is 1420. The molecule has 1 saturated heterocycles. The van der Waals surface area contributed by atoms with Crippen LogP contribution < -0.4 is 10.6 Å². The Kier molecular flexibility index (Phi) is 6.80. The number of nitrogens with one attached hydrogen (secondary N) is 2. The van der Waals surface area contributed by atoms with Crippen molar-refractivity contribution in [1.29, 1.82) is 0 Å². The van der Waals surface area contributed by atoms with E-state index in [1.54, 1.807) is 12.4 Å². The van der Waals surface area contributed by atoms with Gasteiger partial charge in [0.25, 0.3) is 5.91 Å². The monoisotopic (exact) mass is 502 g/mol. The van der Waals surface area contributed by atoms with Crippen LogP contribution in [0, 0.1) is 11.7 Å². The smallest absolute Gasteiger partial charge is 0.254 e. The Morgan fingerprint density at radius 3 is 2.84 bits per heavy atom. The molecule has 192 valence electrons. The molecule has 9 heteroatoms. The Labute approximate surface area is 215 Å². The van der Waals surface area contributed by atoms with E-state index in [1.165, 1.54) is 12.1 Å². The number of amides is 1. The number of nitrogens with zero attached hydrogens (tertiary/aromatic N) is 4. The molecule has 1 aromatic carbocycles. The molecular weight excluding hydrogens is 471 g/mol. The lowest BCUT2D eigenvalue weighted by Gasteiger charge is -2.35. The fourth-order valence-corrected chi connectivity index (χ4v) is 5.16. The molecule has 0 unspecified atom stereocenters. The van der Waals surface area contributed by atoms with Gasteiger partial charge < -0.3 is 20.6 Å². The van der Waals surface area contributed by atoms with Gasteiger partial charge >= 0.3 is 0 Å². The van der Waals surface area contributed by atoms with E-state index in [4.69, 9.17) is 0 Å². The molecule has 1 atom stereocenters. The van der Waals surface area contributed by atoms with Crippen molar-refractivity contribution in [3.8, 4) is 11.3 Å². The molecule has 0 radical (unpaired) electrons. The zero-order valence-corrected chi connectivity index (χ0v) is 21.0. The van der Waals surface area contributed by atoms with Crippen molar-refractivity contribution >= 4 is 24.0 Å². The van der Waals surface area contributed by atoms with Gasteiger partial charge in [0.2, 0.25) is 0 Å². The maximum atomic E-state index is 13.6. The normalized spacial score (nSPS) is 17.6. The topological polar surface area (TPSA) is 94.3 Å². The van der Waals surface area contributed by atoms with Gasteiger partial charge in [-0.25, -0.2) is 14.4 Å². The Morgan fingerprint density at radius 1 is 1.32 bits per heavy atom. The van der Waals surface area contributed by atoms with E-state index in [0.717, 1.165) is 48.4 Å². The fraction of sp³-hybridized carbons (Fsp3) is 0.321. The molecule has 2 aliphatic rings. The number of hydrogen-bond acceptors (Lipinski definition) is 6. The van der Waals surface area contributed by atoms with Gasteiger partial charge in [-0.15, -0.1) is 0 Å². The maximum Gasteiger partial charge on any atom is 0.254 e. The van der Waals surface area contributed by atoms with Gasteiger partial charge in [-0.05, 0) is 69.2 Å². The number of imidazole rings is 1. The number of anilines is 1. The fourth-order valence-electron chi connectivity index (χ4n) is 5.16. The van der Waals surface area contributed by atoms with Crippen LogP contribution in [0.1, 0.15) is 42.6 Å². The third-order valence-corrected chi connectivity index (χ3v) is 7.35. The van der Waals surface area contributed by atoms with Crippen LogP contribution in [-0.2, 0) is 6.54 Å². The van der Waals surface area contributed by atoms with E-state index in [9.17, 15) is 14.3 Å². The minimum absolute atomic E-state index is 0.171. The Morgan fingerprint density at radius 2 is 2.11 bits per heavy atom. The summed E-state index contributed by atoms with van der Waals surface area (Å²) >= 11 is 0. The van der Waals surface area contributed by atoms with Crippen molar-refractivity contribution in [2.75, 3.05) is 18.4 Å². The largest absolute Gasteiger partial charge is 0.393 e. The number of likely N-dealkylation sites (tertiary alicyclic amines) is 1. The lowest BCUT2D eigenvalue weighted by atomic mass is 9.92. The summed E-state index contributed by atoms with van der Waals surface area (Å²) in [4.78, 5) is 23.6. The number of rotatable bonds is 7. The molecule has 3 N–H and O–H groups in total. The van der Waals surface area contributed by atoms with Crippen LogP contribution in [0.2, 0.25) is 0 Å². The second kappa shape index (κ2) is 10.2. The molecular formula is C28H31FN6O2. The average Bonchev–Trinajstić information content (AvgIpc) is 3.50. The van der Waals surface area contributed by atoms with Gasteiger partial charge in [-0.2, -0.15) is 0 Å². The van der Waals surface area contributed by atoms with Gasteiger partial charge in [0.1, 0.15) is 17.3 Å². The predicted molar refractivity (Wildman–Crippen MR) is 143 cm³/mol. The number of benzene rings is 1. The number of halogens is 1. The summed E-state index contributed by atoms with van der Waals surface area (Å²) in [6, 6.07) is 6.54. The number of carbonyl (C=O) groups is 1. The minimum Gasteiger partial charge on any atom is -0.393 e. The number of pyridine rings is 1. The third-order valence-electron chi connectivity index (χ3n) is 7.35. The molecule has 2 aromatic heterocycles. The number of aliphatic hydroxyl groups excluding tert-OH is 1. The molecule has 0 bridgehead atoms. The van der Waals surface area contributed by atoms with Crippen LogP contribution in [0.3, 0.4) is 0 Å². The quantitative estimate of drug-likeness (QED) is 0.330. The van der Waals surface area contributed by atoms with E-state index < -0.39 is 0 Å². The molecule has 8 nitrogen and oxygen atoms in total. The van der Waals surface area contributed by atoms with Crippen molar-refractivity contribution in [3.63, 3.8) is 0 Å². The highest BCUT2D eigenvalue weighted by atomic mass is 19.1. The zero-order valence-electron chi connectivity index (χ0n) is 21.0. The van der Waals surface area contributed by atoms with Gasteiger partial charge in [0, 0.05) is 43.2 Å². The molecule has 4 heterocycles. The second-order valence-corrected chi connectivity index (χ2v) is 9.62. The van der Waals surface area contributed by atoms with Crippen LogP contribution >= 0.6 is 0 Å². The van der Waals surface area contributed by atoms with Crippen LogP contribution in [0.5, 0.6) is 0 Å². The van der Waals surface area contributed by atoms with Gasteiger partial charge in [-0.1, -0.05) is 6.07 Å². The first-order valence-corrected chi connectivity index (χ1v) is 12.5. The first kappa shape index (κ1) is 24.7. The summed E-state index contributed by atoms with van der Waals surface area (Å²) in [5, 5.41) is 16.0. The maximum absolute atomic E-state index is 13.6. The number of aromatic nitrogens is 2. The van der Waals surface area contributed by atoms with Crippen LogP contribution in [0.15, 0.2) is 65.3 Å². The van der Waals surface area contributed by atoms with Gasteiger partial charge in [0.05, 0.1) is 29.2 Å². The number of allylic oxidation sites excluding steroid dienone is 3. The van der Waals surface area contributed by atoms with Crippen molar-refractivity contribution < 1.29 is 14.3 Å². The zero-order chi connectivity index (χ0) is 26.1. The lowest BCUT2D eigenvalue weighted by molar-refractivity contribution is 0.0816. The number of aliphatic imine (C=N–C) groups is 1. The number of piperidine rings is 1. The molecule has 0 saturated carbocycles. The molecule has 1 amide bonds. The van der Waals surface area contributed by atoms with E-state index >= 15 is 0 Å². The molecule has 3 aromatic rings. The molecule has 1 fully saturated rings. The molecule has 37 heavy (non-hydrogen) atoms. The first-order valence-electron chi connectivity index (χ1n) is 12.5. The van der Waals surface area contributed by atoms with Crippen LogP contribution in [0.4, 0.5) is 10.1 Å². The number of fused-ring (bicyclic) bond motifs is 2. The third kappa shape index (κ3) is 4.86. The first-order chi connectivity index (χ1) is 17.9. The standard InChI is InChI=1S/C28H31FN6O2/c1-17(34-11-8-19(9-12-34)18(2)36)4-7-25(30-3)33-23-6-5-21(22-15-32-28(37)27(22)23)24-16-31-26-14-20(29)10-13-35(24)26/h4-7,10,13-14,16,18-19,33,36H,3,8-9,11-12,15H2,1-2H3,(H,32,37)/b17-4+,25-7+/t18-/m0/s1. The molecule has 0 aliphatic carbocycles. The lowest BCUT2D eigenvalue weighted by Crippen LogP contribution is -2.35.